The van der Waals surface area contributed by atoms with Crippen molar-refractivity contribution in [3.63, 3.8) is 0 Å². The van der Waals surface area contributed by atoms with Crippen molar-refractivity contribution in [3.8, 4) is 11.5 Å². The Labute approximate surface area is 226 Å². The lowest BCUT2D eigenvalue weighted by atomic mass is 9.98. The molecule has 2 heterocycles. The molecule has 0 saturated carbocycles. The van der Waals surface area contributed by atoms with Crippen molar-refractivity contribution < 1.29 is 27.5 Å². The molecular formula is C27H31N3O6S2. The third-order valence-corrected chi connectivity index (χ3v) is 9.66. The quantitative estimate of drug-likeness (QED) is 0.392. The van der Waals surface area contributed by atoms with Crippen molar-refractivity contribution in [2.24, 2.45) is 5.92 Å². The van der Waals surface area contributed by atoms with Crippen LogP contribution in [0.3, 0.4) is 0 Å². The number of nitrogens with one attached hydrogen (secondary N) is 2. The summed E-state index contributed by atoms with van der Waals surface area (Å²) >= 11 is 1.16. The second-order valence-electron chi connectivity index (χ2n) is 8.86. The maximum atomic E-state index is 13.1. The van der Waals surface area contributed by atoms with Gasteiger partial charge in [-0.05, 0) is 60.5 Å². The first-order chi connectivity index (χ1) is 18.3. The van der Waals surface area contributed by atoms with Crippen LogP contribution < -0.4 is 20.1 Å². The van der Waals surface area contributed by atoms with E-state index in [0.29, 0.717) is 55.1 Å². The number of piperidine rings is 1. The molecule has 0 unspecified atom stereocenters. The fourth-order valence-corrected chi connectivity index (χ4v) is 7.06. The zero-order valence-electron chi connectivity index (χ0n) is 21.3. The number of ether oxygens (including phenoxy) is 2. The summed E-state index contributed by atoms with van der Waals surface area (Å²) in [5.74, 6) is 0.122. The fraction of sp³-hybridized carbons (Fsp3) is 0.333. The molecular weight excluding hydrogens is 526 g/mol. The van der Waals surface area contributed by atoms with Crippen molar-refractivity contribution in [3.05, 3.63) is 71.1 Å². The van der Waals surface area contributed by atoms with Crippen molar-refractivity contribution in [2.75, 3.05) is 39.2 Å². The standard InChI is InChI=1S/C27H31N3O6S2/c1-35-23-12-11-19(17-24(23)36-2)13-14-28-27(32)21-8-3-4-9-22(21)29-26(31)20-7-5-15-30(18-20)38(33,34)25-10-6-16-37-25/h3-4,6,8-12,16-17,20H,5,7,13-15,18H2,1-2H3,(H,28,32)(H,29,31)/t20-/m0/s1. The Hall–Kier alpha value is -3.41. The third kappa shape index (κ3) is 6.35. The summed E-state index contributed by atoms with van der Waals surface area (Å²) in [6.45, 7) is 0.865. The summed E-state index contributed by atoms with van der Waals surface area (Å²) in [5.41, 5.74) is 1.70. The fourth-order valence-electron chi connectivity index (χ4n) is 4.39. The molecule has 0 spiro atoms. The van der Waals surface area contributed by atoms with Gasteiger partial charge in [0.2, 0.25) is 5.91 Å². The number of sulfonamides is 1. The Morgan fingerprint density at radius 2 is 1.84 bits per heavy atom. The maximum Gasteiger partial charge on any atom is 0.253 e. The number of hydrogen-bond donors (Lipinski definition) is 2. The van der Waals surface area contributed by atoms with Crippen LogP contribution in [0, 0.1) is 5.92 Å². The Morgan fingerprint density at radius 1 is 1.05 bits per heavy atom. The molecule has 38 heavy (non-hydrogen) atoms. The summed E-state index contributed by atoms with van der Waals surface area (Å²) in [4.78, 5) is 26.1. The highest BCUT2D eigenvalue weighted by Gasteiger charge is 2.34. The smallest absolute Gasteiger partial charge is 0.253 e. The molecule has 1 aliphatic rings. The molecule has 3 aromatic rings. The number of carbonyl (C=O) groups is 2. The number of methoxy groups -OCH3 is 2. The molecule has 0 bridgehead atoms. The number of carbonyl (C=O) groups excluding carboxylic acids is 2. The molecule has 1 atom stereocenters. The van der Waals surface area contributed by atoms with E-state index in [2.05, 4.69) is 10.6 Å². The first kappa shape index (κ1) is 27.6. The Bertz CT molecular complexity index is 1380. The lowest BCUT2D eigenvalue weighted by Gasteiger charge is -2.31. The number of nitrogens with zero attached hydrogens (tertiary/aromatic N) is 1. The van der Waals surface area contributed by atoms with Gasteiger partial charge < -0.3 is 20.1 Å². The van der Waals surface area contributed by atoms with E-state index in [1.54, 1.807) is 56.0 Å². The molecule has 11 heteroatoms. The van der Waals surface area contributed by atoms with Gasteiger partial charge in [0.1, 0.15) is 4.21 Å². The van der Waals surface area contributed by atoms with Gasteiger partial charge in [0.05, 0.1) is 31.4 Å². The molecule has 4 rings (SSSR count). The lowest BCUT2D eigenvalue weighted by Crippen LogP contribution is -2.43. The SMILES string of the molecule is COc1ccc(CCNC(=O)c2ccccc2NC(=O)[C@H]2CCCN(S(=O)(=O)c3cccs3)C2)cc1OC. The average molecular weight is 558 g/mol. The van der Waals surface area contributed by atoms with Crippen LogP contribution >= 0.6 is 11.3 Å². The molecule has 1 fully saturated rings. The molecule has 2 aromatic carbocycles. The molecule has 1 saturated heterocycles. The Kier molecular flexibility index (Phi) is 9.03. The van der Waals surface area contributed by atoms with Gasteiger partial charge in [-0.25, -0.2) is 8.42 Å². The Balaban J connectivity index is 1.37. The van der Waals surface area contributed by atoms with E-state index in [1.165, 1.54) is 4.31 Å². The van der Waals surface area contributed by atoms with E-state index in [-0.39, 0.29) is 22.6 Å². The van der Waals surface area contributed by atoms with Crippen LogP contribution in [0.2, 0.25) is 0 Å². The van der Waals surface area contributed by atoms with E-state index in [9.17, 15) is 18.0 Å². The van der Waals surface area contributed by atoms with Gasteiger partial charge in [-0.15, -0.1) is 11.3 Å². The normalized spacial score (nSPS) is 16.0. The second kappa shape index (κ2) is 12.4. The summed E-state index contributed by atoms with van der Waals surface area (Å²) in [7, 11) is -0.482. The molecule has 1 aromatic heterocycles. The van der Waals surface area contributed by atoms with Crippen LogP contribution in [0.1, 0.15) is 28.8 Å². The molecule has 2 N–H and O–H groups in total. The molecule has 1 aliphatic heterocycles. The van der Waals surface area contributed by atoms with Crippen LogP contribution in [0.4, 0.5) is 5.69 Å². The largest absolute Gasteiger partial charge is 0.493 e. The third-order valence-electron chi connectivity index (χ3n) is 6.42. The van der Waals surface area contributed by atoms with Gasteiger partial charge in [-0.2, -0.15) is 4.31 Å². The van der Waals surface area contributed by atoms with Crippen molar-refractivity contribution in [2.45, 2.75) is 23.5 Å². The monoisotopic (exact) mass is 557 g/mol. The maximum absolute atomic E-state index is 13.1. The first-order valence-electron chi connectivity index (χ1n) is 12.3. The molecule has 9 nitrogen and oxygen atoms in total. The minimum absolute atomic E-state index is 0.103. The van der Waals surface area contributed by atoms with Crippen LogP contribution in [0.25, 0.3) is 0 Å². The van der Waals surface area contributed by atoms with E-state index in [0.717, 1.165) is 16.9 Å². The van der Waals surface area contributed by atoms with E-state index in [1.807, 2.05) is 18.2 Å². The number of amides is 2. The summed E-state index contributed by atoms with van der Waals surface area (Å²) < 4.78 is 38.1. The van der Waals surface area contributed by atoms with E-state index < -0.39 is 15.9 Å². The first-order valence-corrected chi connectivity index (χ1v) is 14.6. The minimum Gasteiger partial charge on any atom is -0.493 e. The predicted molar refractivity (Wildman–Crippen MR) is 146 cm³/mol. The van der Waals surface area contributed by atoms with Crippen LogP contribution in [0.5, 0.6) is 11.5 Å². The highest BCUT2D eigenvalue weighted by atomic mass is 32.2. The van der Waals surface area contributed by atoms with Gasteiger partial charge >= 0.3 is 0 Å². The topological polar surface area (TPSA) is 114 Å². The van der Waals surface area contributed by atoms with Crippen LogP contribution in [-0.2, 0) is 21.2 Å². The van der Waals surface area contributed by atoms with Gasteiger partial charge in [-0.3, -0.25) is 9.59 Å². The lowest BCUT2D eigenvalue weighted by molar-refractivity contribution is -0.120. The van der Waals surface area contributed by atoms with Crippen molar-refractivity contribution in [1.82, 2.24) is 9.62 Å². The number of thiophene rings is 1. The minimum atomic E-state index is -3.63. The highest BCUT2D eigenvalue weighted by Crippen LogP contribution is 2.29. The van der Waals surface area contributed by atoms with Gasteiger partial charge in [0, 0.05) is 19.6 Å². The number of para-hydroxylation sites is 1. The zero-order valence-corrected chi connectivity index (χ0v) is 22.9. The average Bonchev–Trinajstić information content (AvgIpc) is 3.49. The van der Waals surface area contributed by atoms with Gasteiger partial charge in [0.25, 0.3) is 15.9 Å². The van der Waals surface area contributed by atoms with Crippen molar-refractivity contribution >= 4 is 38.9 Å². The number of benzene rings is 2. The predicted octanol–water partition coefficient (Wildman–Crippen LogP) is 3.78. The van der Waals surface area contributed by atoms with Crippen LogP contribution in [-0.4, -0.2) is 58.4 Å². The molecule has 202 valence electrons. The van der Waals surface area contributed by atoms with Crippen molar-refractivity contribution in [1.29, 1.82) is 0 Å². The second-order valence-corrected chi connectivity index (χ2v) is 12.0. The number of rotatable bonds is 10. The molecule has 0 aliphatic carbocycles. The highest BCUT2D eigenvalue weighted by molar-refractivity contribution is 7.91. The summed E-state index contributed by atoms with van der Waals surface area (Å²) in [6.07, 6.45) is 1.74. The van der Waals surface area contributed by atoms with E-state index in [4.69, 9.17) is 9.47 Å². The van der Waals surface area contributed by atoms with Gasteiger partial charge in [0.15, 0.2) is 11.5 Å². The molecule has 2 amide bonds. The van der Waals surface area contributed by atoms with Crippen LogP contribution in [0.15, 0.2) is 64.2 Å². The summed E-state index contributed by atoms with van der Waals surface area (Å²) in [6, 6.07) is 15.7. The van der Waals surface area contributed by atoms with E-state index >= 15 is 0 Å². The zero-order chi connectivity index (χ0) is 27.1. The van der Waals surface area contributed by atoms with Gasteiger partial charge in [-0.1, -0.05) is 24.3 Å². The Morgan fingerprint density at radius 3 is 2.58 bits per heavy atom. The number of anilines is 1. The molecule has 0 radical (unpaired) electrons. The summed E-state index contributed by atoms with van der Waals surface area (Å²) in [5, 5.41) is 7.47. The number of hydrogen-bond acceptors (Lipinski definition) is 7.